The molecule has 56 valence electrons. The Morgan fingerprint density at radius 1 is 1.30 bits per heavy atom. The van der Waals surface area contributed by atoms with Crippen molar-refractivity contribution >= 4 is 5.78 Å². The summed E-state index contributed by atoms with van der Waals surface area (Å²) in [5.74, 6) is 1.32. The maximum Gasteiger partial charge on any atom is 0.141 e. The zero-order chi connectivity index (χ0) is 7.14. The fourth-order valence-electron chi connectivity index (χ4n) is 2.21. The number of likely N-dealkylation sites (tertiary alicyclic amines) is 1. The van der Waals surface area contributed by atoms with Crippen LogP contribution in [0.1, 0.15) is 12.8 Å². The summed E-state index contributed by atoms with van der Waals surface area (Å²) in [6.07, 6.45) is 2.29. The molecule has 2 aliphatic rings. The van der Waals surface area contributed by atoms with Crippen molar-refractivity contribution in [3.8, 4) is 0 Å². The van der Waals surface area contributed by atoms with Gasteiger partial charge in [0.15, 0.2) is 0 Å². The molecular formula is C8H13NO. The van der Waals surface area contributed by atoms with Gasteiger partial charge in [-0.2, -0.15) is 0 Å². The van der Waals surface area contributed by atoms with Crippen molar-refractivity contribution in [1.29, 1.82) is 0 Å². The lowest BCUT2D eigenvalue weighted by atomic mass is 9.98. The molecule has 2 heteroatoms. The number of ketones is 1. The first-order valence-electron chi connectivity index (χ1n) is 3.99. The predicted molar refractivity (Wildman–Crippen MR) is 38.7 cm³/mol. The molecule has 1 saturated heterocycles. The third-order valence-corrected chi connectivity index (χ3v) is 2.73. The van der Waals surface area contributed by atoms with Crippen molar-refractivity contribution in [3.63, 3.8) is 0 Å². The summed E-state index contributed by atoms with van der Waals surface area (Å²) in [6, 6.07) is 0. The zero-order valence-corrected chi connectivity index (χ0v) is 6.34. The van der Waals surface area contributed by atoms with Crippen LogP contribution in [0.4, 0.5) is 0 Å². The minimum Gasteiger partial charge on any atom is -0.305 e. The minimum absolute atomic E-state index is 0.392. The van der Waals surface area contributed by atoms with Crippen molar-refractivity contribution in [2.24, 2.45) is 11.8 Å². The fourth-order valence-corrected chi connectivity index (χ4v) is 2.21. The van der Waals surface area contributed by atoms with Crippen LogP contribution in [0.25, 0.3) is 0 Å². The molecule has 0 unspecified atom stereocenters. The van der Waals surface area contributed by atoms with Crippen molar-refractivity contribution < 1.29 is 4.79 Å². The van der Waals surface area contributed by atoms with E-state index in [1.807, 2.05) is 0 Å². The Labute approximate surface area is 61.2 Å². The molecule has 2 rings (SSSR count). The molecule has 0 aromatic carbocycles. The van der Waals surface area contributed by atoms with Crippen LogP contribution in [0, 0.1) is 11.8 Å². The van der Waals surface area contributed by atoms with E-state index in [2.05, 4.69) is 11.9 Å². The normalized spacial score (nSPS) is 40.7. The summed E-state index contributed by atoms with van der Waals surface area (Å²) in [5, 5.41) is 0. The van der Waals surface area contributed by atoms with Crippen molar-refractivity contribution in [2.75, 3.05) is 20.1 Å². The van der Waals surface area contributed by atoms with Gasteiger partial charge in [-0.05, 0) is 19.9 Å². The Balaban J connectivity index is 2.16. The van der Waals surface area contributed by atoms with Gasteiger partial charge >= 0.3 is 0 Å². The molecule has 2 bridgehead atoms. The lowest BCUT2D eigenvalue weighted by Gasteiger charge is -2.26. The molecule has 1 aliphatic carbocycles. The van der Waals surface area contributed by atoms with Crippen molar-refractivity contribution in [1.82, 2.24) is 4.90 Å². The van der Waals surface area contributed by atoms with E-state index < -0.39 is 0 Å². The lowest BCUT2D eigenvalue weighted by molar-refractivity contribution is -0.127. The number of Topliss-reactive ketones (excluding diaryl/α,β-unsaturated/α-hetero) is 1. The molecule has 1 saturated carbocycles. The van der Waals surface area contributed by atoms with Gasteiger partial charge in [0.2, 0.25) is 0 Å². The maximum absolute atomic E-state index is 11.3. The van der Waals surface area contributed by atoms with Crippen molar-refractivity contribution in [2.45, 2.75) is 12.8 Å². The van der Waals surface area contributed by atoms with Crippen LogP contribution in [-0.4, -0.2) is 30.8 Å². The van der Waals surface area contributed by atoms with Gasteiger partial charge in [0.05, 0.1) is 0 Å². The average molecular weight is 139 g/mol. The Bertz CT molecular complexity index is 151. The van der Waals surface area contributed by atoms with Crippen LogP contribution < -0.4 is 0 Å². The summed E-state index contributed by atoms with van der Waals surface area (Å²) in [5.41, 5.74) is 0. The van der Waals surface area contributed by atoms with E-state index in [4.69, 9.17) is 0 Å². The number of fused-ring (bicyclic) bond motifs is 2. The molecule has 10 heavy (non-hydrogen) atoms. The van der Waals surface area contributed by atoms with Crippen LogP contribution in [0.15, 0.2) is 0 Å². The molecule has 0 aromatic rings. The molecule has 0 aromatic heterocycles. The second kappa shape index (κ2) is 2.06. The molecule has 2 nitrogen and oxygen atoms in total. The second-order valence-corrected chi connectivity index (χ2v) is 3.59. The molecule has 2 atom stereocenters. The van der Waals surface area contributed by atoms with E-state index in [0.717, 1.165) is 25.9 Å². The SMILES string of the molecule is CN1C[C@H]2CC[C@@H](C1)C2=O. The molecule has 0 radical (unpaired) electrons. The maximum atomic E-state index is 11.3. The highest BCUT2D eigenvalue weighted by Crippen LogP contribution is 2.32. The highest BCUT2D eigenvalue weighted by molar-refractivity contribution is 5.86. The van der Waals surface area contributed by atoms with E-state index in [1.54, 1.807) is 0 Å². The first kappa shape index (κ1) is 6.35. The van der Waals surface area contributed by atoms with Gasteiger partial charge in [-0.3, -0.25) is 4.79 Å². The topological polar surface area (TPSA) is 20.3 Å². The quantitative estimate of drug-likeness (QED) is 0.488. The Morgan fingerprint density at radius 3 is 2.30 bits per heavy atom. The largest absolute Gasteiger partial charge is 0.305 e. The van der Waals surface area contributed by atoms with Crippen LogP contribution >= 0.6 is 0 Å². The molecule has 0 spiro atoms. The lowest BCUT2D eigenvalue weighted by Crippen LogP contribution is -2.39. The summed E-state index contributed by atoms with van der Waals surface area (Å²) >= 11 is 0. The summed E-state index contributed by atoms with van der Waals surface area (Å²) in [4.78, 5) is 13.6. The molecule has 2 fully saturated rings. The first-order chi connectivity index (χ1) is 4.77. The number of nitrogens with zero attached hydrogens (tertiary/aromatic N) is 1. The summed E-state index contributed by atoms with van der Waals surface area (Å²) < 4.78 is 0. The number of hydrogen-bond acceptors (Lipinski definition) is 2. The molecule has 1 aliphatic heterocycles. The minimum atomic E-state index is 0.392. The van der Waals surface area contributed by atoms with Crippen LogP contribution in [0.2, 0.25) is 0 Å². The monoisotopic (exact) mass is 139 g/mol. The van der Waals surface area contributed by atoms with Gasteiger partial charge in [-0.25, -0.2) is 0 Å². The molecule has 1 heterocycles. The molecule has 0 amide bonds. The van der Waals surface area contributed by atoms with Crippen LogP contribution in [-0.2, 0) is 4.79 Å². The van der Waals surface area contributed by atoms with E-state index in [-0.39, 0.29) is 0 Å². The average Bonchev–Trinajstić information content (AvgIpc) is 2.20. The van der Waals surface area contributed by atoms with Crippen LogP contribution in [0.3, 0.4) is 0 Å². The van der Waals surface area contributed by atoms with E-state index in [0.29, 0.717) is 17.6 Å². The molecule has 0 N–H and O–H groups in total. The van der Waals surface area contributed by atoms with Gasteiger partial charge in [0, 0.05) is 24.9 Å². The predicted octanol–water partition coefficient (Wildman–Crippen LogP) is 0.527. The Morgan fingerprint density at radius 2 is 1.80 bits per heavy atom. The van der Waals surface area contributed by atoms with Gasteiger partial charge in [-0.1, -0.05) is 0 Å². The summed E-state index contributed by atoms with van der Waals surface area (Å²) in [6.45, 7) is 2.02. The number of piperidine rings is 1. The smallest absolute Gasteiger partial charge is 0.141 e. The molecular weight excluding hydrogens is 126 g/mol. The van der Waals surface area contributed by atoms with Crippen molar-refractivity contribution in [3.05, 3.63) is 0 Å². The third-order valence-electron chi connectivity index (χ3n) is 2.73. The van der Waals surface area contributed by atoms with Gasteiger partial charge in [0.25, 0.3) is 0 Å². The van der Waals surface area contributed by atoms with E-state index >= 15 is 0 Å². The number of carbonyl (C=O) groups excluding carboxylic acids is 1. The third kappa shape index (κ3) is 0.788. The fraction of sp³-hybridized carbons (Fsp3) is 0.875. The zero-order valence-electron chi connectivity index (χ0n) is 6.34. The number of rotatable bonds is 0. The number of hydrogen-bond donors (Lipinski definition) is 0. The highest BCUT2D eigenvalue weighted by Gasteiger charge is 2.39. The van der Waals surface area contributed by atoms with Crippen LogP contribution in [0.5, 0.6) is 0 Å². The highest BCUT2D eigenvalue weighted by atomic mass is 16.1. The summed E-state index contributed by atoms with van der Waals surface area (Å²) in [7, 11) is 2.11. The second-order valence-electron chi connectivity index (χ2n) is 3.59. The van der Waals surface area contributed by atoms with E-state index in [1.165, 1.54) is 0 Å². The first-order valence-corrected chi connectivity index (χ1v) is 3.99. The Hall–Kier alpha value is -0.370. The standard InChI is InChI=1S/C8H13NO/c1-9-4-6-2-3-7(5-9)8(6)10/h6-7H,2-5H2,1H3/t6-,7+. The van der Waals surface area contributed by atoms with E-state index in [9.17, 15) is 4.79 Å². The van der Waals surface area contributed by atoms with Gasteiger partial charge in [0.1, 0.15) is 5.78 Å². The Kier molecular flexibility index (Phi) is 1.31. The number of carbonyl (C=O) groups is 1. The van der Waals surface area contributed by atoms with Gasteiger partial charge < -0.3 is 4.90 Å². The van der Waals surface area contributed by atoms with Gasteiger partial charge in [-0.15, -0.1) is 0 Å².